The van der Waals surface area contributed by atoms with Crippen LogP contribution in [0.15, 0.2) is 48.5 Å². The van der Waals surface area contributed by atoms with Crippen LogP contribution in [0.5, 0.6) is 0 Å². The van der Waals surface area contributed by atoms with Gasteiger partial charge in [0.05, 0.1) is 25.3 Å². The van der Waals surface area contributed by atoms with Gasteiger partial charge in [0, 0.05) is 11.5 Å². The number of fused-ring (bicyclic) bond motifs is 2. The minimum atomic E-state index is -0.315. The Bertz CT molecular complexity index is 881. The van der Waals surface area contributed by atoms with Crippen LogP contribution in [0.1, 0.15) is 39.9 Å². The van der Waals surface area contributed by atoms with E-state index >= 15 is 0 Å². The van der Waals surface area contributed by atoms with E-state index in [0.29, 0.717) is 26.1 Å². The zero-order chi connectivity index (χ0) is 20.4. The summed E-state index contributed by atoms with van der Waals surface area (Å²) >= 11 is 0. The number of carbonyl (C=O) groups is 2. The molecule has 2 saturated heterocycles. The molecule has 2 fully saturated rings. The van der Waals surface area contributed by atoms with Crippen molar-refractivity contribution in [3.63, 3.8) is 0 Å². The Kier molecular flexibility index (Phi) is 5.67. The average Bonchev–Trinajstić information content (AvgIpc) is 2.73. The Hall–Kier alpha value is -2.66. The smallest absolute Gasteiger partial charge is 0.410 e. The van der Waals surface area contributed by atoms with Crippen LogP contribution in [0.2, 0.25) is 0 Å². The van der Waals surface area contributed by atoms with Gasteiger partial charge in [0.1, 0.15) is 6.61 Å². The van der Waals surface area contributed by atoms with Crippen molar-refractivity contribution in [2.75, 3.05) is 13.2 Å². The third kappa shape index (κ3) is 4.06. The van der Waals surface area contributed by atoms with Gasteiger partial charge >= 0.3 is 6.09 Å². The molecule has 152 valence electrons. The van der Waals surface area contributed by atoms with Crippen LogP contribution in [0.3, 0.4) is 0 Å². The molecule has 2 unspecified atom stereocenters. The highest BCUT2D eigenvalue weighted by molar-refractivity contribution is 5.99. The summed E-state index contributed by atoms with van der Waals surface area (Å²) < 4.78 is 11.3. The van der Waals surface area contributed by atoms with Crippen molar-refractivity contribution in [1.82, 2.24) is 4.90 Å². The number of ketones is 1. The van der Waals surface area contributed by atoms with E-state index in [2.05, 4.69) is 0 Å². The molecule has 0 aliphatic carbocycles. The van der Waals surface area contributed by atoms with Crippen LogP contribution in [-0.2, 0) is 16.1 Å². The first-order valence-corrected chi connectivity index (χ1v) is 10.2. The van der Waals surface area contributed by atoms with Crippen molar-refractivity contribution in [1.29, 1.82) is 0 Å². The Morgan fingerprint density at radius 3 is 2.38 bits per heavy atom. The van der Waals surface area contributed by atoms with Gasteiger partial charge in [-0.15, -0.1) is 0 Å². The number of hydrogen-bond donors (Lipinski definition) is 0. The monoisotopic (exact) mass is 393 g/mol. The summed E-state index contributed by atoms with van der Waals surface area (Å²) in [5, 5.41) is 0. The summed E-state index contributed by atoms with van der Waals surface area (Å²) in [5.41, 5.74) is 3.93. The quantitative estimate of drug-likeness (QED) is 0.727. The summed E-state index contributed by atoms with van der Waals surface area (Å²) in [5.74, 6) is 0.0907. The van der Waals surface area contributed by atoms with Crippen LogP contribution >= 0.6 is 0 Å². The largest absolute Gasteiger partial charge is 0.445 e. The third-order valence-corrected chi connectivity index (χ3v) is 6.18. The van der Waals surface area contributed by atoms with Gasteiger partial charge in [0.25, 0.3) is 0 Å². The highest BCUT2D eigenvalue weighted by atomic mass is 16.6. The Balaban J connectivity index is 1.45. The molecule has 0 aromatic heterocycles. The molecule has 2 aliphatic heterocycles. The van der Waals surface area contributed by atoms with Gasteiger partial charge in [-0.3, -0.25) is 9.69 Å². The van der Waals surface area contributed by atoms with E-state index in [4.69, 9.17) is 9.47 Å². The van der Waals surface area contributed by atoms with Gasteiger partial charge < -0.3 is 9.47 Å². The topological polar surface area (TPSA) is 55.8 Å². The number of morpholine rings is 1. The number of ether oxygens (including phenoxy) is 2. The average molecular weight is 393 g/mol. The maximum Gasteiger partial charge on any atom is 0.410 e. The Morgan fingerprint density at radius 2 is 1.69 bits per heavy atom. The van der Waals surface area contributed by atoms with Crippen LogP contribution in [0, 0.1) is 19.8 Å². The van der Waals surface area contributed by atoms with Crippen molar-refractivity contribution in [3.05, 3.63) is 70.8 Å². The van der Waals surface area contributed by atoms with E-state index in [1.165, 1.54) is 0 Å². The fourth-order valence-corrected chi connectivity index (χ4v) is 4.46. The molecule has 29 heavy (non-hydrogen) atoms. The van der Waals surface area contributed by atoms with E-state index in [1.54, 1.807) is 4.90 Å². The van der Waals surface area contributed by atoms with Crippen molar-refractivity contribution in [2.45, 2.75) is 45.4 Å². The molecule has 0 spiro atoms. The van der Waals surface area contributed by atoms with E-state index in [-0.39, 0.29) is 36.5 Å². The lowest BCUT2D eigenvalue weighted by Crippen LogP contribution is -2.59. The Morgan fingerprint density at radius 1 is 1.00 bits per heavy atom. The van der Waals surface area contributed by atoms with Crippen LogP contribution in [0.25, 0.3) is 0 Å². The summed E-state index contributed by atoms with van der Waals surface area (Å²) in [6.07, 6.45) is 0.913. The second-order valence-corrected chi connectivity index (χ2v) is 8.07. The highest BCUT2D eigenvalue weighted by Gasteiger charge is 2.44. The predicted molar refractivity (Wildman–Crippen MR) is 110 cm³/mol. The lowest BCUT2D eigenvalue weighted by Gasteiger charge is -2.47. The number of benzene rings is 2. The number of carbonyl (C=O) groups excluding carboxylic acids is 2. The van der Waals surface area contributed by atoms with Crippen molar-refractivity contribution in [2.24, 2.45) is 5.92 Å². The number of piperidine rings is 1. The first kappa shape index (κ1) is 19.6. The van der Waals surface area contributed by atoms with Gasteiger partial charge in [-0.1, -0.05) is 48.5 Å². The molecule has 2 heterocycles. The first-order valence-electron chi connectivity index (χ1n) is 10.2. The van der Waals surface area contributed by atoms with Gasteiger partial charge in [-0.2, -0.15) is 0 Å². The molecule has 0 N–H and O–H groups in total. The molecule has 5 heteroatoms. The van der Waals surface area contributed by atoms with E-state index < -0.39 is 0 Å². The maximum absolute atomic E-state index is 13.2. The van der Waals surface area contributed by atoms with Gasteiger partial charge in [0.2, 0.25) is 0 Å². The number of rotatable bonds is 4. The van der Waals surface area contributed by atoms with Crippen molar-refractivity contribution < 1.29 is 19.1 Å². The fourth-order valence-electron chi connectivity index (χ4n) is 4.46. The third-order valence-electron chi connectivity index (χ3n) is 6.18. The molecule has 2 atom stereocenters. The van der Waals surface area contributed by atoms with Gasteiger partial charge in [-0.25, -0.2) is 4.79 Å². The van der Waals surface area contributed by atoms with E-state index in [0.717, 1.165) is 22.3 Å². The fraction of sp³-hybridized carbons (Fsp3) is 0.417. The number of aryl methyl sites for hydroxylation is 1. The van der Waals surface area contributed by atoms with Crippen LogP contribution in [-0.4, -0.2) is 42.1 Å². The molecule has 2 bridgehead atoms. The van der Waals surface area contributed by atoms with E-state index in [9.17, 15) is 9.59 Å². The molecule has 1 amide bonds. The molecule has 5 nitrogen and oxygen atoms in total. The molecule has 2 aromatic rings. The second kappa shape index (κ2) is 8.37. The summed E-state index contributed by atoms with van der Waals surface area (Å²) in [6.45, 7) is 5.19. The number of hydrogen-bond acceptors (Lipinski definition) is 4. The zero-order valence-electron chi connectivity index (χ0n) is 17.0. The molecule has 2 aliphatic rings. The zero-order valence-corrected chi connectivity index (χ0v) is 17.0. The summed E-state index contributed by atoms with van der Waals surface area (Å²) in [7, 11) is 0. The highest BCUT2D eigenvalue weighted by Crippen LogP contribution is 2.34. The maximum atomic E-state index is 13.2. The summed E-state index contributed by atoms with van der Waals surface area (Å²) in [4.78, 5) is 27.8. The van der Waals surface area contributed by atoms with Crippen molar-refractivity contribution in [3.8, 4) is 0 Å². The minimum Gasteiger partial charge on any atom is -0.445 e. The van der Waals surface area contributed by atoms with Crippen LogP contribution < -0.4 is 0 Å². The molecular weight excluding hydrogens is 366 g/mol. The van der Waals surface area contributed by atoms with E-state index in [1.807, 2.05) is 62.4 Å². The summed E-state index contributed by atoms with van der Waals surface area (Å²) in [6, 6.07) is 15.3. The molecule has 2 aromatic carbocycles. The SMILES string of the molecule is Cc1cccc(C(=O)C2CC3COCC(C2)N3C(=O)OCc2ccccc2)c1C. The number of amides is 1. The molecule has 0 saturated carbocycles. The normalized spacial score (nSPS) is 23.5. The lowest BCUT2D eigenvalue weighted by molar-refractivity contribution is -0.0755. The molecule has 4 rings (SSSR count). The predicted octanol–water partition coefficient (Wildman–Crippen LogP) is 4.30. The first-order chi connectivity index (χ1) is 14.0. The molecule has 0 radical (unpaired) electrons. The number of nitrogens with zero attached hydrogens (tertiary/aromatic N) is 1. The number of Topliss-reactive ketones (excluding diaryl/α,β-unsaturated/α-hetero) is 1. The lowest BCUT2D eigenvalue weighted by atomic mass is 9.80. The minimum absolute atomic E-state index is 0.0902. The van der Waals surface area contributed by atoms with Crippen LogP contribution in [0.4, 0.5) is 4.79 Å². The Labute approximate surface area is 171 Å². The second-order valence-electron chi connectivity index (χ2n) is 8.07. The van der Waals surface area contributed by atoms with Crippen molar-refractivity contribution >= 4 is 11.9 Å². The van der Waals surface area contributed by atoms with Gasteiger partial charge in [-0.05, 0) is 43.4 Å². The standard InChI is InChI=1S/C24H27NO4/c1-16-7-6-10-22(17(16)2)23(26)19-11-20-14-28-15-21(12-19)25(20)24(27)29-13-18-8-4-3-5-9-18/h3-10,19-21H,11-15H2,1-2H3. The van der Waals surface area contributed by atoms with Gasteiger partial charge in [0.15, 0.2) is 5.78 Å². The molecular formula is C24H27NO4.